The zero-order chi connectivity index (χ0) is 20.6. The van der Waals surface area contributed by atoms with Crippen LogP contribution in [-0.2, 0) is 14.3 Å². The molecule has 6 nitrogen and oxygen atoms in total. The van der Waals surface area contributed by atoms with Gasteiger partial charge < -0.3 is 15.6 Å². The number of carboxylic acid groups (broad SMARTS) is 1. The Balaban J connectivity index is 2.02. The molecule has 0 amide bonds. The lowest BCUT2D eigenvalue weighted by molar-refractivity contribution is -0.153. The summed E-state index contributed by atoms with van der Waals surface area (Å²) >= 11 is 0. The number of benzene rings is 2. The van der Waals surface area contributed by atoms with Gasteiger partial charge in [-0.3, -0.25) is 9.59 Å². The van der Waals surface area contributed by atoms with Gasteiger partial charge in [-0.15, -0.1) is 0 Å². The molecular formula is C21H19FN2O4. The molecule has 0 saturated heterocycles. The lowest BCUT2D eigenvalue weighted by Crippen LogP contribution is -2.17. The van der Waals surface area contributed by atoms with Crippen molar-refractivity contribution in [1.29, 1.82) is 5.26 Å². The molecule has 1 fully saturated rings. The number of carbonyl (C=O) groups excluding carboxylic acids is 1. The summed E-state index contributed by atoms with van der Waals surface area (Å²) in [6.07, 6.45) is -0.872. The van der Waals surface area contributed by atoms with Gasteiger partial charge in [0.05, 0.1) is 28.7 Å². The van der Waals surface area contributed by atoms with Crippen LogP contribution in [-0.4, -0.2) is 17.0 Å². The molecule has 3 N–H and O–H groups in total. The fourth-order valence-electron chi connectivity index (χ4n) is 3.42. The molecule has 0 aromatic heterocycles. The van der Waals surface area contributed by atoms with Crippen LogP contribution in [0.2, 0.25) is 0 Å². The largest absolute Gasteiger partial charge is 0.481 e. The first-order valence-corrected chi connectivity index (χ1v) is 8.78. The third-order valence-corrected chi connectivity index (χ3v) is 5.05. The van der Waals surface area contributed by atoms with E-state index in [1.807, 2.05) is 6.07 Å². The highest BCUT2D eigenvalue weighted by atomic mass is 19.1. The second kappa shape index (κ2) is 7.31. The van der Waals surface area contributed by atoms with Crippen LogP contribution in [0.1, 0.15) is 36.1 Å². The van der Waals surface area contributed by atoms with E-state index in [0.29, 0.717) is 11.1 Å². The number of nitrogens with two attached hydrogens (primary N) is 1. The summed E-state index contributed by atoms with van der Waals surface area (Å²) in [5.41, 5.74) is 7.19. The highest BCUT2D eigenvalue weighted by Gasteiger charge is 2.50. The Kier molecular flexibility index (Phi) is 5.06. The second-order valence-electron chi connectivity index (χ2n) is 6.86. The van der Waals surface area contributed by atoms with Gasteiger partial charge in [0.1, 0.15) is 18.0 Å². The molecule has 1 aliphatic rings. The Morgan fingerprint density at radius 3 is 2.50 bits per heavy atom. The van der Waals surface area contributed by atoms with E-state index in [9.17, 15) is 14.9 Å². The molecule has 1 unspecified atom stereocenters. The zero-order valence-corrected chi connectivity index (χ0v) is 15.4. The lowest BCUT2D eigenvalue weighted by Gasteiger charge is -2.21. The third kappa shape index (κ3) is 3.29. The summed E-state index contributed by atoms with van der Waals surface area (Å²) in [6, 6.07) is 10.7. The highest BCUT2D eigenvalue weighted by molar-refractivity contribution is 5.86. The minimum absolute atomic E-state index is 0.0805. The first-order valence-electron chi connectivity index (χ1n) is 8.78. The second-order valence-corrected chi connectivity index (χ2v) is 6.86. The molecule has 28 heavy (non-hydrogen) atoms. The number of rotatable bonds is 5. The Hall–Kier alpha value is -3.40. The molecule has 0 heterocycles. The van der Waals surface area contributed by atoms with Crippen molar-refractivity contribution < 1.29 is 23.8 Å². The molecule has 0 radical (unpaired) electrons. The monoisotopic (exact) mass is 382 g/mol. The topological polar surface area (TPSA) is 113 Å². The standard InChI is InChI=1S/C21H19FN2O4/c1-10-15(9-23)19(24)17(18(22)16(10)12-6-4-3-5-7-12)11(2)28-21(27)14-8-13(14)20(25)26/h3-7,11,13-14H,8,24H2,1-2H3,(H,25,26)/t11?,13-,14-/m1/s1. The van der Waals surface area contributed by atoms with Gasteiger partial charge in [-0.2, -0.15) is 5.26 Å². The van der Waals surface area contributed by atoms with Gasteiger partial charge in [-0.05, 0) is 31.4 Å². The molecule has 7 heteroatoms. The number of carbonyl (C=O) groups is 2. The molecule has 1 saturated carbocycles. The maximum atomic E-state index is 15.4. The zero-order valence-electron chi connectivity index (χ0n) is 15.4. The Bertz CT molecular complexity index is 998. The molecule has 144 valence electrons. The quantitative estimate of drug-likeness (QED) is 0.604. The minimum atomic E-state index is -1.07. The van der Waals surface area contributed by atoms with Crippen LogP contribution in [0, 0.1) is 35.9 Å². The number of nitrogens with zero attached hydrogens (tertiary/aromatic N) is 1. The Morgan fingerprint density at radius 1 is 1.32 bits per heavy atom. The van der Waals surface area contributed by atoms with Crippen molar-refractivity contribution in [1.82, 2.24) is 0 Å². The van der Waals surface area contributed by atoms with E-state index in [1.54, 1.807) is 37.3 Å². The first kappa shape index (κ1) is 19.4. The van der Waals surface area contributed by atoms with Crippen LogP contribution in [0.25, 0.3) is 11.1 Å². The number of hydrogen-bond donors (Lipinski definition) is 2. The van der Waals surface area contributed by atoms with Crippen molar-refractivity contribution in [2.75, 3.05) is 5.73 Å². The summed E-state index contributed by atoms with van der Waals surface area (Å²) in [4.78, 5) is 23.1. The van der Waals surface area contributed by atoms with E-state index in [4.69, 9.17) is 15.6 Å². The van der Waals surface area contributed by atoms with E-state index in [2.05, 4.69) is 0 Å². The Labute approximate surface area is 161 Å². The number of nitriles is 1. The predicted octanol–water partition coefficient (Wildman–Crippen LogP) is 3.58. The van der Waals surface area contributed by atoms with Crippen LogP contribution in [0.15, 0.2) is 30.3 Å². The summed E-state index contributed by atoms with van der Waals surface area (Å²) < 4.78 is 20.7. The van der Waals surface area contributed by atoms with Gasteiger partial charge in [-0.25, -0.2) is 4.39 Å². The van der Waals surface area contributed by atoms with Crippen molar-refractivity contribution in [3.8, 4) is 17.2 Å². The average Bonchev–Trinajstić information content (AvgIpc) is 3.44. The van der Waals surface area contributed by atoms with Crippen molar-refractivity contribution in [2.24, 2.45) is 11.8 Å². The molecule has 3 atom stereocenters. The van der Waals surface area contributed by atoms with Gasteiger partial charge in [0.25, 0.3) is 0 Å². The van der Waals surface area contributed by atoms with Crippen molar-refractivity contribution in [3.05, 3.63) is 52.8 Å². The summed E-state index contributed by atoms with van der Waals surface area (Å²) in [6.45, 7) is 3.07. The molecule has 1 aliphatic carbocycles. The SMILES string of the molecule is Cc1c(C#N)c(N)c(C(C)OC(=O)[C@@H]2C[C@H]2C(=O)O)c(F)c1-c1ccccc1. The van der Waals surface area contributed by atoms with Crippen LogP contribution < -0.4 is 5.73 Å². The number of aliphatic carboxylic acids is 1. The number of ether oxygens (including phenoxy) is 1. The van der Waals surface area contributed by atoms with E-state index in [1.165, 1.54) is 6.92 Å². The van der Waals surface area contributed by atoms with E-state index >= 15 is 4.39 Å². The predicted molar refractivity (Wildman–Crippen MR) is 99.4 cm³/mol. The van der Waals surface area contributed by atoms with Crippen LogP contribution >= 0.6 is 0 Å². The fourth-order valence-corrected chi connectivity index (χ4v) is 3.42. The van der Waals surface area contributed by atoms with Gasteiger partial charge >= 0.3 is 11.9 Å². The minimum Gasteiger partial charge on any atom is -0.481 e. The van der Waals surface area contributed by atoms with Gasteiger partial charge in [0.2, 0.25) is 0 Å². The maximum Gasteiger partial charge on any atom is 0.310 e. The average molecular weight is 382 g/mol. The molecule has 2 aromatic carbocycles. The number of carboxylic acids is 1. The normalized spacial score (nSPS) is 18.8. The van der Waals surface area contributed by atoms with Gasteiger partial charge in [-0.1, -0.05) is 30.3 Å². The van der Waals surface area contributed by atoms with Crippen molar-refractivity contribution in [3.63, 3.8) is 0 Å². The van der Waals surface area contributed by atoms with Crippen LogP contribution in [0.5, 0.6) is 0 Å². The molecule has 0 spiro atoms. The smallest absolute Gasteiger partial charge is 0.310 e. The number of esters is 1. The number of halogens is 1. The summed E-state index contributed by atoms with van der Waals surface area (Å²) in [7, 11) is 0. The number of nitrogen functional groups attached to an aromatic ring is 1. The molecule has 3 rings (SSSR count). The van der Waals surface area contributed by atoms with Crippen molar-refractivity contribution in [2.45, 2.75) is 26.4 Å². The Morgan fingerprint density at radius 2 is 1.96 bits per heavy atom. The van der Waals surface area contributed by atoms with Crippen molar-refractivity contribution >= 4 is 17.6 Å². The van der Waals surface area contributed by atoms with E-state index in [0.717, 1.165) is 0 Å². The lowest BCUT2D eigenvalue weighted by atomic mass is 9.90. The van der Waals surface area contributed by atoms with E-state index < -0.39 is 35.7 Å². The first-order chi connectivity index (χ1) is 13.3. The number of hydrogen-bond acceptors (Lipinski definition) is 5. The van der Waals surface area contributed by atoms with E-state index in [-0.39, 0.29) is 28.8 Å². The van der Waals surface area contributed by atoms with Gasteiger partial charge in [0, 0.05) is 5.56 Å². The molecule has 2 aromatic rings. The number of anilines is 1. The van der Waals surface area contributed by atoms with Crippen LogP contribution in [0.3, 0.4) is 0 Å². The summed E-state index contributed by atoms with van der Waals surface area (Å²) in [5.74, 6) is -3.94. The summed E-state index contributed by atoms with van der Waals surface area (Å²) in [5, 5.41) is 18.5. The fraction of sp³-hybridized carbons (Fsp3) is 0.286. The molecular weight excluding hydrogens is 363 g/mol. The molecule has 0 aliphatic heterocycles. The van der Waals surface area contributed by atoms with Gasteiger partial charge in [0.15, 0.2) is 0 Å². The maximum absolute atomic E-state index is 15.4. The van der Waals surface area contributed by atoms with Crippen LogP contribution in [0.4, 0.5) is 10.1 Å². The highest BCUT2D eigenvalue weighted by Crippen LogP contribution is 2.43. The molecule has 0 bridgehead atoms. The third-order valence-electron chi connectivity index (χ3n) is 5.05.